The number of imidazole rings is 1. The van der Waals surface area contributed by atoms with E-state index in [0.29, 0.717) is 11.7 Å². The van der Waals surface area contributed by atoms with Crippen molar-refractivity contribution in [3.8, 4) is 0 Å². The van der Waals surface area contributed by atoms with Gasteiger partial charge in [0, 0.05) is 51.5 Å². The number of amides is 1. The number of ether oxygens (including phenoxy) is 1. The summed E-state index contributed by atoms with van der Waals surface area (Å²) in [5.41, 5.74) is 3.16. The smallest absolute Gasteiger partial charge is 0.290 e. The number of nitrogens with zero attached hydrogens (tertiary/aromatic N) is 3. The molecule has 1 aliphatic carbocycles. The Morgan fingerprint density at radius 3 is 2.71 bits per heavy atom. The number of nitrogens with one attached hydrogen (secondary N) is 1. The van der Waals surface area contributed by atoms with Crippen molar-refractivity contribution in [2.45, 2.75) is 50.7 Å². The highest BCUT2D eigenvalue weighted by molar-refractivity contribution is 5.92. The number of rotatable bonds is 3. The van der Waals surface area contributed by atoms with Gasteiger partial charge in [-0.1, -0.05) is 24.3 Å². The second-order valence-electron chi connectivity index (χ2n) is 8.23. The summed E-state index contributed by atoms with van der Waals surface area (Å²) in [6.07, 6.45) is 7.09. The third kappa shape index (κ3) is 4.97. The molecule has 2 aliphatic heterocycles. The van der Waals surface area contributed by atoms with E-state index in [0.717, 1.165) is 70.8 Å². The van der Waals surface area contributed by atoms with Crippen LogP contribution in [0.25, 0.3) is 0 Å². The maximum absolute atomic E-state index is 12.8. The predicted octanol–water partition coefficient (Wildman–Crippen LogP) is 2.04. The molecule has 2 N–H and O–H groups in total. The van der Waals surface area contributed by atoms with Crippen molar-refractivity contribution in [3.05, 3.63) is 53.1 Å². The van der Waals surface area contributed by atoms with Gasteiger partial charge < -0.3 is 19.7 Å². The highest BCUT2D eigenvalue weighted by atomic mass is 16.5. The van der Waals surface area contributed by atoms with E-state index >= 15 is 0 Å². The van der Waals surface area contributed by atoms with Gasteiger partial charge in [0.2, 0.25) is 0 Å². The van der Waals surface area contributed by atoms with E-state index in [1.54, 1.807) is 0 Å². The van der Waals surface area contributed by atoms with Crippen LogP contribution in [0.2, 0.25) is 0 Å². The van der Waals surface area contributed by atoms with Crippen LogP contribution in [-0.4, -0.2) is 64.3 Å². The second kappa shape index (κ2) is 10.1. The number of carbonyl (C=O) groups is 2. The van der Waals surface area contributed by atoms with Gasteiger partial charge in [-0.3, -0.25) is 14.5 Å². The number of benzene rings is 1. The van der Waals surface area contributed by atoms with Crippen molar-refractivity contribution in [1.29, 1.82) is 0 Å². The van der Waals surface area contributed by atoms with E-state index in [2.05, 4.69) is 38.0 Å². The SMILES string of the molecule is O=C(NC1CCc2ccccc21)c1cn2c(n1)CCN(C1CCOCC1)CC2.O=CO. The van der Waals surface area contributed by atoms with Crippen LogP contribution in [0.4, 0.5) is 0 Å². The van der Waals surface area contributed by atoms with Crippen LogP contribution in [0.15, 0.2) is 30.5 Å². The summed E-state index contributed by atoms with van der Waals surface area (Å²) in [7, 11) is 0. The highest BCUT2D eigenvalue weighted by Crippen LogP contribution is 2.31. The lowest BCUT2D eigenvalue weighted by Crippen LogP contribution is -2.41. The van der Waals surface area contributed by atoms with Gasteiger partial charge in [0.15, 0.2) is 0 Å². The third-order valence-electron chi connectivity index (χ3n) is 6.49. The molecule has 0 radical (unpaired) electrons. The van der Waals surface area contributed by atoms with Crippen LogP contribution in [0.5, 0.6) is 0 Å². The fraction of sp³-hybridized carbons (Fsp3) is 0.522. The Bertz CT molecular complexity index is 881. The monoisotopic (exact) mass is 426 g/mol. The van der Waals surface area contributed by atoms with Crippen LogP contribution in [0, 0.1) is 0 Å². The first-order chi connectivity index (χ1) is 15.2. The fourth-order valence-electron chi connectivity index (χ4n) is 4.90. The zero-order valence-electron chi connectivity index (χ0n) is 17.7. The van der Waals surface area contributed by atoms with Crippen molar-refractivity contribution < 1.29 is 19.4 Å². The number of aryl methyl sites for hydroxylation is 1. The van der Waals surface area contributed by atoms with Gasteiger partial charge in [-0.15, -0.1) is 0 Å². The average Bonchev–Trinajstić information content (AvgIpc) is 3.34. The molecule has 31 heavy (non-hydrogen) atoms. The Balaban J connectivity index is 0.000000730. The van der Waals surface area contributed by atoms with E-state index in [1.807, 2.05) is 12.3 Å². The van der Waals surface area contributed by atoms with E-state index in [1.165, 1.54) is 11.1 Å². The van der Waals surface area contributed by atoms with E-state index in [4.69, 9.17) is 14.6 Å². The number of hydrogen-bond donors (Lipinski definition) is 2. The molecule has 3 aliphatic rings. The summed E-state index contributed by atoms with van der Waals surface area (Å²) in [6, 6.07) is 9.13. The van der Waals surface area contributed by atoms with Crippen molar-refractivity contribution in [3.63, 3.8) is 0 Å². The summed E-state index contributed by atoms with van der Waals surface area (Å²) in [5, 5.41) is 10.1. The van der Waals surface area contributed by atoms with Gasteiger partial charge in [0.1, 0.15) is 11.5 Å². The van der Waals surface area contributed by atoms with Crippen molar-refractivity contribution in [2.75, 3.05) is 26.3 Å². The Morgan fingerprint density at radius 2 is 1.90 bits per heavy atom. The minimum absolute atomic E-state index is 0.0523. The van der Waals surface area contributed by atoms with E-state index < -0.39 is 0 Å². The topological polar surface area (TPSA) is 96.7 Å². The number of carbonyl (C=O) groups excluding carboxylic acids is 1. The molecule has 1 fully saturated rings. The normalized spacial score (nSPS) is 21.2. The maximum atomic E-state index is 12.8. The predicted molar refractivity (Wildman–Crippen MR) is 115 cm³/mol. The van der Waals surface area contributed by atoms with Crippen LogP contribution < -0.4 is 5.32 Å². The number of hydrogen-bond acceptors (Lipinski definition) is 5. The first kappa shape index (κ1) is 21.5. The second-order valence-corrected chi connectivity index (χ2v) is 8.23. The van der Waals surface area contributed by atoms with Gasteiger partial charge in [0.05, 0.1) is 6.04 Å². The quantitative estimate of drug-likeness (QED) is 0.729. The van der Waals surface area contributed by atoms with Gasteiger partial charge in [-0.05, 0) is 36.8 Å². The lowest BCUT2D eigenvalue weighted by Gasteiger charge is -2.33. The molecule has 2 aromatic rings. The van der Waals surface area contributed by atoms with Crippen LogP contribution in [0.1, 0.15) is 52.7 Å². The van der Waals surface area contributed by atoms with Crippen molar-refractivity contribution >= 4 is 12.4 Å². The Labute approximate surface area is 182 Å². The van der Waals surface area contributed by atoms with Crippen LogP contribution in [-0.2, 0) is 28.9 Å². The van der Waals surface area contributed by atoms with Gasteiger partial charge >= 0.3 is 0 Å². The molecule has 0 saturated carbocycles. The Kier molecular flexibility index (Phi) is 6.99. The van der Waals surface area contributed by atoms with Crippen LogP contribution >= 0.6 is 0 Å². The summed E-state index contributed by atoms with van der Waals surface area (Å²) in [6.45, 7) is 4.43. The summed E-state index contributed by atoms with van der Waals surface area (Å²) >= 11 is 0. The minimum atomic E-state index is -0.250. The minimum Gasteiger partial charge on any atom is -0.483 e. The van der Waals surface area contributed by atoms with Crippen molar-refractivity contribution in [2.24, 2.45) is 0 Å². The molecule has 3 heterocycles. The first-order valence-electron chi connectivity index (χ1n) is 11.0. The lowest BCUT2D eigenvalue weighted by molar-refractivity contribution is -0.122. The molecule has 1 saturated heterocycles. The molecular formula is C23H30N4O4. The van der Waals surface area contributed by atoms with Gasteiger partial charge in [0.25, 0.3) is 12.4 Å². The number of aromatic nitrogens is 2. The highest BCUT2D eigenvalue weighted by Gasteiger charge is 2.27. The van der Waals surface area contributed by atoms with Gasteiger partial charge in [-0.2, -0.15) is 0 Å². The first-order valence-corrected chi connectivity index (χ1v) is 11.0. The summed E-state index contributed by atoms with van der Waals surface area (Å²) in [4.78, 5) is 28.4. The fourth-order valence-corrected chi connectivity index (χ4v) is 4.90. The summed E-state index contributed by atoms with van der Waals surface area (Å²) < 4.78 is 7.68. The molecular weight excluding hydrogens is 396 g/mol. The number of fused-ring (bicyclic) bond motifs is 2. The Morgan fingerprint density at radius 1 is 1.13 bits per heavy atom. The lowest BCUT2D eigenvalue weighted by atomic mass is 10.1. The molecule has 1 atom stereocenters. The maximum Gasteiger partial charge on any atom is 0.290 e. The zero-order chi connectivity index (χ0) is 21.6. The molecule has 1 unspecified atom stereocenters. The molecule has 1 amide bonds. The molecule has 0 spiro atoms. The third-order valence-corrected chi connectivity index (χ3v) is 6.49. The largest absolute Gasteiger partial charge is 0.483 e. The average molecular weight is 427 g/mol. The zero-order valence-corrected chi connectivity index (χ0v) is 17.7. The molecule has 1 aromatic heterocycles. The molecule has 8 heteroatoms. The molecule has 166 valence electrons. The van der Waals surface area contributed by atoms with E-state index in [9.17, 15) is 4.79 Å². The van der Waals surface area contributed by atoms with Gasteiger partial charge in [-0.25, -0.2) is 4.98 Å². The molecule has 0 bridgehead atoms. The summed E-state index contributed by atoms with van der Waals surface area (Å²) in [5.74, 6) is 0.982. The number of carboxylic acid groups (broad SMARTS) is 1. The molecule has 1 aromatic carbocycles. The Hall–Kier alpha value is -2.71. The van der Waals surface area contributed by atoms with Crippen molar-refractivity contribution in [1.82, 2.24) is 19.8 Å². The van der Waals surface area contributed by atoms with E-state index in [-0.39, 0.29) is 18.4 Å². The van der Waals surface area contributed by atoms with Crippen LogP contribution in [0.3, 0.4) is 0 Å². The molecule has 8 nitrogen and oxygen atoms in total. The molecule has 5 rings (SSSR count). The standard InChI is InChI=1S/C22H28N4O2.CH2O2/c27-22(24-19-6-5-16-3-1-2-4-18(16)19)20-15-26-12-11-25(10-7-21(26)23-20)17-8-13-28-14-9-17;2-1-3/h1-4,15,17,19H,5-14H2,(H,24,27);1H,(H,2,3).